The highest BCUT2D eigenvalue weighted by atomic mass is 35.5. The van der Waals surface area contributed by atoms with Gasteiger partial charge >= 0.3 is 0 Å². The minimum Gasteiger partial charge on any atom is -0.277 e. The highest BCUT2D eigenvalue weighted by Gasteiger charge is 2.21. The lowest BCUT2D eigenvalue weighted by molar-refractivity contribution is -0.383. The van der Waals surface area contributed by atoms with Crippen LogP contribution >= 0.6 is 11.6 Å². The Labute approximate surface area is 104 Å². The Morgan fingerprint density at radius 2 is 2.00 bits per heavy atom. The van der Waals surface area contributed by atoms with Gasteiger partial charge in [0.05, 0.1) is 10.2 Å². The summed E-state index contributed by atoms with van der Waals surface area (Å²) in [5, 5.41) is 10.2. The second kappa shape index (κ2) is 4.89. The van der Waals surface area contributed by atoms with Crippen LogP contribution in [0, 0.1) is 10.1 Å². The zero-order valence-corrected chi connectivity index (χ0v) is 10.7. The van der Waals surface area contributed by atoms with E-state index in [-0.39, 0.29) is 16.4 Å². The molecular formula is C9H11ClN2O4S. The Kier molecular flexibility index (Phi) is 3.94. The van der Waals surface area contributed by atoms with E-state index in [1.807, 2.05) is 0 Å². The van der Waals surface area contributed by atoms with E-state index < -0.39 is 20.2 Å². The van der Waals surface area contributed by atoms with Crippen LogP contribution in [0.2, 0.25) is 5.02 Å². The molecule has 0 aliphatic carbocycles. The van der Waals surface area contributed by atoms with E-state index in [0.29, 0.717) is 0 Å². The van der Waals surface area contributed by atoms with E-state index in [4.69, 9.17) is 11.6 Å². The Morgan fingerprint density at radius 1 is 1.41 bits per heavy atom. The van der Waals surface area contributed by atoms with Crippen molar-refractivity contribution in [1.29, 1.82) is 0 Å². The number of nitrogens with one attached hydrogen (secondary N) is 1. The van der Waals surface area contributed by atoms with Crippen molar-refractivity contribution < 1.29 is 13.3 Å². The number of nitro groups is 1. The molecule has 0 atom stereocenters. The molecule has 1 aromatic rings. The highest BCUT2D eigenvalue weighted by Crippen LogP contribution is 2.28. The summed E-state index contributed by atoms with van der Waals surface area (Å²) in [5.41, 5.74) is -0.463. The number of halogens is 1. The Bertz CT molecular complexity index is 542. The lowest BCUT2D eigenvalue weighted by Crippen LogP contribution is -2.22. The number of benzene rings is 1. The maximum atomic E-state index is 11.6. The third-order valence-electron chi connectivity index (χ3n) is 2.03. The standard InChI is InChI=1S/C9H11ClN2O4S/c1-6(2)17(15,16)11-8-4-3-7(10)5-9(8)12(13)14/h3-6,11H,1-2H3. The molecule has 0 unspecified atom stereocenters. The Morgan fingerprint density at radius 3 is 2.47 bits per heavy atom. The summed E-state index contributed by atoms with van der Waals surface area (Å²) < 4.78 is 25.4. The Balaban J connectivity index is 3.20. The van der Waals surface area contributed by atoms with Gasteiger partial charge in [-0.2, -0.15) is 0 Å². The van der Waals surface area contributed by atoms with Crippen LogP contribution in [0.5, 0.6) is 0 Å². The molecule has 0 fully saturated rings. The van der Waals surface area contributed by atoms with Crippen LogP contribution in [-0.4, -0.2) is 18.6 Å². The van der Waals surface area contributed by atoms with Gasteiger partial charge in [-0.3, -0.25) is 14.8 Å². The van der Waals surface area contributed by atoms with E-state index in [2.05, 4.69) is 4.72 Å². The van der Waals surface area contributed by atoms with Gasteiger partial charge in [0.25, 0.3) is 5.69 Å². The molecule has 8 heteroatoms. The summed E-state index contributed by atoms with van der Waals surface area (Å²) in [5.74, 6) is 0. The fraction of sp³-hybridized carbons (Fsp3) is 0.333. The zero-order chi connectivity index (χ0) is 13.2. The van der Waals surface area contributed by atoms with Crippen molar-refractivity contribution in [3.05, 3.63) is 33.3 Å². The van der Waals surface area contributed by atoms with E-state index in [0.717, 1.165) is 6.07 Å². The average Bonchev–Trinajstić information content (AvgIpc) is 2.19. The van der Waals surface area contributed by atoms with Gasteiger partial charge < -0.3 is 0 Å². The van der Waals surface area contributed by atoms with Gasteiger partial charge in [0.15, 0.2) is 0 Å². The SMILES string of the molecule is CC(C)S(=O)(=O)Nc1ccc(Cl)cc1[N+](=O)[O-]. The van der Waals surface area contributed by atoms with Crippen LogP contribution in [0.3, 0.4) is 0 Å². The first-order chi connectivity index (χ1) is 7.74. The molecule has 0 aliphatic heterocycles. The van der Waals surface area contributed by atoms with Gasteiger partial charge in [-0.05, 0) is 26.0 Å². The quantitative estimate of drug-likeness (QED) is 0.676. The number of anilines is 1. The first-order valence-electron chi connectivity index (χ1n) is 4.69. The predicted octanol–water partition coefficient (Wildman–Crippen LogP) is 2.40. The zero-order valence-electron chi connectivity index (χ0n) is 9.18. The number of hydrogen-bond donors (Lipinski definition) is 1. The molecule has 6 nitrogen and oxygen atoms in total. The van der Waals surface area contributed by atoms with Crippen molar-refractivity contribution in [1.82, 2.24) is 0 Å². The fourth-order valence-corrected chi connectivity index (χ4v) is 1.89. The monoisotopic (exact) mass is 278 g/mol. The van der Waals surface area contributed by atoms with Gasteiger partial charge in [-0.25, -0.2) is 8.42 Å². The number of sulfonamides is 1. The van der Waals surface area contributed by atoms with Crippen molar-refractivity contribution >= 4 is 33.0 Å². The minimum absolute atomic E-state index is 0.0897. The molecule has 0 saturated heterocycles. The van der Waals surface area contributed by atoms with Crippen molar-refractivity contribution in [2.75, 3.05) is 4.72 Å². The molecule has 0 aliphatic rings. The number of rotatable bonds is 4. The van der Waals surface area contributed by atoms with Gasteiger partial charge in [0, 0.05) is 11.1 Å². The van der Waals surface area contributed by atoms with E-state index in [9.17, 15) is 18.5 Å². The normalized spacial score (nSPS) is 11.5. The molecule has 0 aromatic heterocycles. The van der Waals surface area contributed by atoms with Crippen LogP contribution in [0.15, 0.2) is 18.2 Å². The van der Waals surface area contributed by atoms with Crippen molar-refractivity contribution in [3.63, 3.8) is 0 Å². The summed E-state index contributed by atoms with van der Waals surface area (Å²) in [7, 11) is -3.62. The number of hydrogen-bond acceptors (Lipinski definition) is 4. The molecule has 1 rings (SSSR count). The topological polar surface area (TPSA) is 89.3 Å². The number of nitrogens with zero attached hydrogens (tertiary/aromatic N) is 1. The number of nitro benzene ring substituents is 1. The molecule has 0 radical (unpaired) electrons. The average molecular weight is 279 g/mol. The van der Waals surface area contributed by atoms with Gasteiger partial charge in [0.2, 0.25) is 10.0 Å². The molecule has 0 heterocycles. The third-order valence-corrected chi connectivity index (χ3v) is 4.01. The fourth-order valence-electron chi connectivity index (χ4n) is 1.01. The van der Waals surface area contributed by atoms with Crippen LogP contribution in [0.4, 0.5) is 11.4 Å². The first kappa shape index (κ1) is 13.7. The van der Waals surface area contributed by atoms with Gasteiger partial charge in [0.1, 0.15) is 5.69 Å². The van der Waals surface area contributed by atoms with Crippen molar-refractivity contribution in [2.24, 2.45) is 0 Å². The first-order valence-corrected chi connectivity index (χ1v) is 6.62. The molecule has 0 saturated carbocycles. The predicted molar refractivity (Wildman–Crippen MR) is 65.8 cm³/mol. The molecule has 0 spiro atoms. The van der Waals surface area contributed by atoms with Gasteiger partial charge in [-0.1, -0.05) is 11.6 Å². The van der Waals surface area contributed by atoms with Crippen LogP contribution in [-0.2, 0) is 10.0 Å². The molecule has 1 aromatic carbocycles. The largest absolute Gasteiger partial charge is 0.294 e. The van der Waals surface area contributed by atoms with E-state index in [1.54, 1.807) is 0 Å². The lowest BCUT2D eigenvalue weighted by Gasteiger charge is -2.10. The summed E-state index contributed by atoms with van der Waals surface area (Å²) in [6.07, 6.45) is 0. The molecule has 94 valence electrons. The molecule has 0 bridgehead atoms. The maximum absolute atomic E-state index is 11.6. The molecular weight excluding hydrogens is 268 g/mol. The Hall–Kier alpha value is -1.34. The minimum atomic E-state index is -3.62. The lowest BCUT2D eigenvalue weighted by atomic mass is 10.3. The van der Waals surface area contributed by atoms with Crippen molar-refractivity contribution in [2.45, 2.75) is 19.1 Å². The van der Waals surface area contributed by atoms with Gasteiger partial charge in [-0.15, -0.1) is 0 Å². The summed E-state index contributed by atoms with van der Waals surface area (Å²) in [6.45, 7) is 2.95. The highest BCUT2D eigenvalue weighted by molar-refractivity contribution is 7.93. The molecule has 1 N–H and O–H groups in total. The van der Waals surface area contributed by atoms with Crippen LogP contribution in [0.25, 0.3) is 0 Å². The second-order valence-corrected chi connectivity index (χ2v) is 6.29. The summed E-state index contributed by atoms with van der Waals surface area (Å²) in [4.78, 5) is 10.1. The maximum Gasteiger partial charge on any atom is 0.294 e. The van der Waals surface area contributed by atoms with E-state index >= 15 is 0 Å². The third kappa shape index (κ3) is 3.31. The van der Waals surface area contributed by atoms with Crippen molar-refractivity contribution in [3.8, 4) is 0 Å². The van der Waals surface area contributed by atoms with E-state index in [1.165, 1.54) is 26.0 Å². The van der Waals surface area contributed by atoms with Crippen LogP contribution in [0.1, 0.15) is 13.8 Å². The molecule has 17 heavy (non-hydrogen) atoms. The van der Waals surface area contributed by atoms with Crippen LogP contribution < -0.4 is 4.72 Å². The molecule has 0 amide bonds. The second-order valence-electron chi connectivity index (χ2n) is 3.61. The summed E-state index contributed by atoms with van der Waals surface area (Å²) >= 11 is 5.61. The smallest absolute Gasteiger partial charge is 0.277 e. The summed E-state index contributed by atoms with van der Waals surface area (Å²) in [6, 6.07) is 3.74.